The van der Waals surface area contributed by atoms with Gasteiger partial charge in [0.15, 0.2) is 0 Å². The van der Waals surface area contributed by atoms with Crippen LogP contribution in [0, 0.1) is 0 Å². The number of hydrogen-bond acceptors (Lipinski definition) is 4. The molecule has 2 atom stereocenters. The lowest BCUT2D eigenvalue weighted by molar-refractivity contribution is -0.118. The molecule has 2 unspecified atom stereocenters. The minimum Gasteiger partial charge on any atom is -0.391 e. The van der Waals surface area contributed by atoms with E-state index in [1.807, 2.05) is 30.0 Å². The Bertz CT molecular complexity index is 570. The first kappa shape index (κ1) is 16.8. The van der Waals surface area contributed by atoms with Crippen LogP contribution in [-0.2, 0) is 4.79 Å². The molecule has 2 heterocycles. The van der Waals surface area contributed by atoms with Crippen molar-refractivity contribution in [1.29, 1.82) is 0 Å². The van der Waals surface area contributed by atoms with E-state index in [4.69, 9.17) is 0 Å². The Hall–Kier alpha value is -1.04. The molecule has 1 spiro atoms. The smallest absolute Gasteiger partial charge is 0.238 e. The highest BCUT2D eigenvalue weighted by molar-refractivity contribution is 7.99. The number of benzene rings is 1. The van der Waals surface area contributed by atoms with Gasteiger partial charge >= 0.3 is 0 Å². The van der Waals surface area contributed by atoms with Crippen molar-refractivity contribution < 1.29 is 9.90 Å². The molecule has 1 aromatic carbocycles. The predicted molar refractivity (Wildman–Crippen MR) is 96.0 cm³/mol. The molecule has 4 nitrogen and oxygen atoms in total. The molecule has 126 valence electrons. The van der Waals surface area contributed by atoms with E-state index < -0.39 is 0 Å². The summed E-state index contributed by atoms with van der Waals surface area (Å²) >= 11 is 1.88. The largest absolute Gasteiger partial charge is 0.391 e. The number of carbonyl (C=O) groups excluding carboxylic acids is 1. The van der Waals surface area contributed by atoms with Gasteiger partial charge in [-0.05, 0) is 36.1 Å². The summed E-state index contributed by atoms with van der Waals surface area (Å²) in [6, 6.07) is 7.99. The van der Waals surface area contributed by atoms with Gasteiger partial charge < -0.3 is 10.4 Å². The minimum absolute atomic E-state index is 0.0171. The molecule has 23 heavy (non-hydrogen) atoms. The van der Waals surface area contributed by atoms with Gasteiger partial charge in [-0.25, -0.2) is 0 Å². The quantitative estimate of drug-likeness (QED) is 0.889. The minimum atomic E-state index is -0.298. The molecule has 0 aliphatic carbocycles. The third-order valence-corrected chi connectivity index (χ3v) is 6.34. The van der Waals surface area contributed by atoms with Crippen molar-refractivity contribution in [3.8, 4) is 0 Å². The lowest BCUT2D eigenvalue weighted by atomic mass is 9.92. The van der Waals surface area contributed by atoms with Gasteiger partial charge in [-0.2, -0.15) is 11.8 Å². The highest BCUT2D eigenvalue weighted by atomic mass is 32.2. The van der Waals surface area contributed by atoms with E-state index in [0.717, 1.165) is 42.1 Å². The Morgan fingerprint density at radius 2 is 2.26 bits per heavy atom. The molecule has 2 aliphatic rings. The van der Waals surface area contributed by atoms with E-state index >= 15 is 0 Å². The van der Waals surface area contributed by atoms with E-state index in [9.17, 15) is 9.90 Å². The van der Waals surface area contributed by atoms with Crippen LogP contribution < -0.4 is 5.32 Å². The van der Waals surface area contributed by atoms with Gasteiger partial charge in [0.25, 0.3) is 0 Å². The Balaban J connectivity index is 1.68. The van der Waals surface area contributed by atoms with Crippen molar-refractivity contribution in [2.45, 2.75) is 44.2 Å². The summed E-state index contributed by atoms with van der Waals surface area (Å²) in [7, 11) is 0. The van der Waals surface area contributed by atoms with Crippen LogP contribution in [0.3, 0.4) is 0 Å². The van der Waals surface area contributed by atoms with Gasteiger partial charge in [0.1, 0.15) is 0 Å². The standard InChI is InChI=1S/C18H26N2O2S/c1-13(2)14-5-3-4-6-15(14)19-17(22)11-20-9-7-16(21)18(20)8-10-23-12-18/h3-6,13,16,21H,7-12H2,1-2H3,(H,19,22). The van der Waals surface area contributed by atoms with E-state index in [1.165, 1.54) is 0 Å². The van der Waals surface area contributed by atoms with Gasteiger partial charge in [0.2, 0.25) is 5.91 Å². The molecular formula is C18H26N2O2S. The van der Waals surface area contributed by atoms with E-state index in [1.54, 1.807) is 0 Å². The lowest BCUT2D eigenvalue weighted by Gasteiger charge is -2.36. The predicted octanol–water partition coefficient (Wildman–Crippen LogP) is 2.69. The summed E-state index contributed by atoms with van der Waals surface area (Å²) in [4.78, 5) is 14.7. The number of thioether (sulfide) groups is 1. The van der Waals surface area contributed by atoms with Crippen molar-refractivity contribution in [2.24, 2.45) is 0 Å². The molecule has 0 aromatic heterocycles. The van der Waals surface area contributed by atoms with E-state index in [0.29, 0.717) is 12.5 Å². The molecule has 1 amide bonds. The van der Waals surface area contributed by atoms with Crippen LogP contribution >= 0.6 is 11.8 Å². The third kappa shape index (κ3) is 3.28. The number of carbonyl (C=O) groups is 1. The number of hydrogen-bond donors (Lipinski definition) is 2. The van der Waals surface area contributed by atoms with Crippen molar-refractivity contribution in [3.05, 3.63) is 29.8 Å². The fourth-order valence-corrected chi connectivity index (χ4v) is 5.29. The van der Waals surface area contributed by atoms with Gasteiger partial charge in [-0.1, -0.05) is 32.0 Å². The number of nitrogens with one attached hydrogen (secondary N) is 1. The zero-order chi connectivity index (χ0) is 16.4. The normalized spacial score (nSPS) is 27.9. The van der Waals surface area contributed by atoms with Gasteiger partial charge in [0, 0.05) is 18.0 Å². The van der Waals surface area contributed by atoms with E-state index in [-0.39, 0.29) is 17.6 Å². The molecule has 2 N–H and O–H groups in total. The van der Waals surface area contributed by atoms with E-state index in [2.05, 4.69) is 30.1 Å². The Morgan fingerprint density at radius 3 is 2.96 bits per heavy atom. The number of amides is 1. The number of nitrogens with zero attached hydrogens (tertiary/aromatic N) is 1. The first-order valence-electron chi connectivity index (χ1n) is 8.42. The van der Waals surface area contributed by atoms with Crippen molar-refractivity contribution in [2.75, 3.05) is 29.9 Å². The average Bonchev–Trinajstić information content (AvgIpc) is 3.12. The highest BCUT2D eigenvalue weighted by Crippen LogP contribution is 2.41. The van der Waals surface area contributed by atoms with Crippen LogP contribution in [0.2, 0.25) is 0 Å². The number of aliphatic hydroxyl groups excluding tert-OH is 1. The summed E-state index contributed by atoms with van der Waals surface area (Å²) in [6.45, 7) is 5.43. The Labute approximate surface area is 142 Å². The molecular weight excluding hydrogens is 308 g/mol. The van der Waals surface area contributed by atoms with Gasteiger partial charge in [-0.15, -0.1) is 0 Å². The summed E-state index contributed by atoms with van der Waals surface area (Å²) < 4.78 is 0. The fourth-order valence-electron chi connectivity index (χ4n) is 3.78. The molecule has 2 fully saturated rings. The maximum atomic E-state index is 12.5. The second kappa shape index (κ2) is 6.83. The third-order valence-electron chi connectivity index (χ3n) is 5.15. The number of anilines is 1. The molecule has 0 bridgehead atoms. The van der Waals surface area contributed by atoms with Crippen LogP contribution in [-0.4, -0.2) is 52.2 Å². The monoisotopic (exact) mass is 334 g/mol. The van der Waals surface area contributed by atoms with Crippen LogP contribution in [0.25, 0.3) is 0 Å². The topological polar surface area (TPSA) is 52.6 Å². The molecule has 0 radical (unpaired) electrons. The summed E-state index contributed by atoms with van der Waals surface area (Å²) in [5, 5.41) is 13.5. The molecule has 0 saturated carbocycles. The van der Waals surface area contributed by atoms with Crippen molar-refractivity contribution in [3.63, 3.8) is 0 Å². The van der Waals surface area contributed by atoms with Gasteiger partial charge in [-0.3, -0.25) is 9.69 Å². The number of aliphatic hydroxyl groups is 1. The van der Waals surface area contributed by atoms with Crippen molar-refractivity contribution >= 4 is 23.4 Å². The average molecular weight is 334 g/mol. The summed E-state index contributed by atoms with van der Waals surface area (Å²) in [6.07, 6.45) is 1.46. The molecule has 3 rings (SSSR count). The molecule has 2 aliphatic heterocycles. The zero-order valence-corrected chi connectivity index (χ0v) is 14.7. The fraction of sp³-hybridized carbons (Fsp3) is 0.611. The summed E-state index contributed by atoms with van der Waals surface area (Å²) in [5.74, 6) is 2.40. The SMILES string of the molecule is CC(C)c1ccccc1NC(=O)CN1CCC(O)C12CCSC2. The van der Waals surface area contributed by atoms with Crippen LogP contribution in [0.5, 0.6) is 0 Å². The summed E-state index contributed by atoms with van der Waals surface area (Å²) in [5.41, 5.74) is 1.88. The van der Waals surface area contributed by atoms with Gasteiger partial charge in [0.05, 0.1) is 18.2 Å². The number of likely N-dealkylation sites (tertiary alicyclic amines) is 1. The maximum absolute atomic E-state index is 12.5. The zero-order valence-electron chi connectivity index (χ0n) is 13.9. The van der Waals surface area contributed by atoms with Crippen LogP contribution in [0.1, 0.15) is 38.2 Å². The molecule has 5 heteroatoms. The van der Waals surface area contributed by atoms with Crippen molar-refractivity contribution in [1.82, 2.24) is 4.90 Å². The Morgan fingerprint density at radius 1 is 1.48 bits per heavy atom. The highest BCUT2D eigenvalue weighted by Gasteiger charge is 2.50. The second-order valence-corrected chi connectivity index (χ2v) is 8.03. The van der Waals surface area contributed by atoms with Crippen LogP contribution in [0.4, 0.5) is 5.69 Å². The molecule has 2 saturated heterocycles. The Kier molecular flexibility index (Phi) is 4.99. The second-order valence-electron chi connectivity index (χ2n) is 6.92. The first-order valence-corrected chi connectivity index (χ1v) is 9.58. The number of rotatable bonds is 4. The molecule has 1 aromatic rings. The number of para-hydroxylation sites is 1. The lowest BCUT2D eigenvalue weighted by Crippen LogP contribution is -2.52. The maximum Gasteiger partial charge on any atom is 0.238 e. The first-order chi connectivity index (χ1) is 11.0. The van der Waals surface area contributed by atoms with Crippen LogP contribution in [0.15, 0.2) is 24.3 Å².